The van der Waals surface area contributed by atoms with E-state index in [4.69, 9.17) is 4.74 Å². The molecule has 10 heteroatoms. The Morgan fingerprint density at radius 1 is 1.27 bits per heavy atom. The van der Waals surface area contributed by atoms with Crippen LogP contribution in [-0.4, -0.2) is 32.8 Å². The quantitative estimate of drug-likeness (QED) is 0.211. The maximum Gasteiger partial charge on any atom is 0.343 e. The second kappa shape index (κ2) is 9.24. The lowest BCUT2D eigenvalue weighted by atomic mass is 10.1. The number of nitrogens with one attached hydrogen (secondary N) is 1. The van der Waals surface area contributed by atoms with Crippen LogP contribution >= 0.6 is 0 Å². The predicted octanol–water partition coefficient (Wildman–Crippen LogP) is 2.47. The summed E-state index contributed by atoms with van der Waals surface area (Å²) in [7, 11) is 0. The van der Waals surface area contributed by atoms with Gasteiger partial charge in [0.2, 0.25) is 0 Å². The number of hydrazone groups is 1. The second-order valence-electron chi connectivity index (χ2n) is 6.22. The number of carbonyl (C=O) groups is 2. The van der Waals surface area contributed by atoms with Gasteiger partial charge >= 0.3 is 11.7 Å². The van der Waals surface area contributed by atoms with Gasteiger partial charge in [-0.3, -0.25) is 19.6 Å². The van der Waals surface area contributed by atoms with E-state index in [9.17, 15) is 19.7 Å². The second-order valence-corrected chi connectivity index (χ2v) is 6.22. The Balaban J connectivity index is 1.57. The number of amides is 1. The fraction of sp³-hybridized carbons (Fsp3) is 0.100. The molecule has 0 saturated heterocycles. The molecule has 0 bridgehead atoms. The van der Waals surface area contributed by atoms with Gasteiger partial charge < -0.3 is 4.74 Å². The third-order valence-electron chi connectivity index (χ3n) is 3.97. The number of carbonyl (C=O) groups excluding carboxylic acids is 2. The molecule has 2 aromatic carbocycles. The molecule has 1 N–H and O–H groups in total. The first kappa shape index (κ1) is 20.4. The van der Waals surface area contributed by atoms with Crippen molar-refractivity contribution in [1.82, 2.24) is 15.2 Å². The highest BCUT2D eigenvalue weighted by atomic mass is 16.6. The standard InChI is InChI=1S/C20H17N5O5/c1-14-5-2-3-8-18(14)20(27)30-17-7-4-6-15(9-17)10-21-23-19(26)13-24-12-16(11-22-24)25(28)29/h2-12H,13H2,1H3,(H,23,26)/b21-10+. The fourth-order valence-electron chi connectivity index (χ4n) is 2.52. The molecule has 0 fully saturated rings. The van der Waals surface area contributed by atoms with Crippen LogP contribution in [0.2, 0.25) is 0 Å². The van der Waals surface area contributed by atoms with Crippen LogP contribution in [0.3, 0.4) is 0 Å². The first-order chi connectivity index (χ1) is 14.4. The number of esters is 1. The van der Waals surface area contributed by atoms with Gasteiger partial charge in [-0.1, -0.05) is 30.3 Å². The SMILES string of the molecule is Cc1ccccc1C(=O)Oc1cccc(/C=N/NC(=O)Cn2cc([N+](=O)[O-])cn2)c1. The van der Waals surface area contributed by atoms with Gasteiger partial charge in [-0.15, -0.1) is 0 Å². The molecule has 0 radical (unpaired) electrons. The molecule has 1 amide bonds. The number of nitro groups is 1. The van der Waals surface area contributed by atoms with E-state index >= 15 is 0 Å². The molecule has 0 spiro atoms. The maximum absolute atomic E-state index is 12.3. The van der Waals surface area contributed by atoms with Crippen molar-refractivity contribution in [3.8, 4) is 5.75 Å². The number of nitrogens with zero attached hydrogens (tertiary/aromatic N) is 4. The molecule has 0 aliphatic rings. The lowest BCUT2D eigenvalue weighted by Crippen LogP contribution is -2.23. The summed E-state index contributed by atoms with van der Waals surface area (Å²) < 4.78 is 6.53. The average molecular weight is 407 g/mol. The Morgan fingerprint density at radius 3 is 2.80 bits per heavy atom. The molecular weight excluding hydrogens is 390 g/mol. The first-order valence-electron chi connectivity index (χ1n) is 8.79. The minimum Gasteiger partial charge on any atom is -0.423 e. The van der Waals surface area contributed by atoms with Crippen LogP contribution in [0.25, 0.3) is 0 Å². The van der Waals surface area contributed by atoms with E-state index in [1.165, 1.54) is 6.21 Å². The number of hydrogen-bond acceptors (Lipinski definition) is 7. The average Bonchev–Trinajstić information content (AvgIpc) is 3.17. The molecule has 1 heterocycles. The van der Waals surface area contributed by atoms with Crippen molar-refractivity contribution < 1.29 is 19.2 Å². The molecule has 30 heavy (non-hydrogen) atoms. The van der Waals surface area contributed by atoms with Gasteiger partial charge in [0.1, 0.15) is 24.7 Å². The predicted molar refractivity (Wildman–Crippen MR) is 107 cm³/mol. The van der Waals surface area contributed by atoms with Crippen molar-refractivity contribution in [2.24, 2.45) is 5.10 Å². The van der Waals surface area contributed by atoms with E-state index in [1.54, 1.807) is 36.4 Å². The molecule has 3 rings (SSSR count). The van der Waals surface area contributed by atoms with Crippen molar-refractivity contribution in [3.63, 3.8) is 0 Å². The number of benzene rings is 2. The topological polar surface area (TPSA) is 129 Å². The number of aromatic nitrogens is 2. The molecule has 0 aliphatic carbocycles. The fourth-order valence-corrected chi connectivity index (χ4v) is 2.52. The number of aryl methyl sites for hydroxylation is 1. The summed E-state index contributed by atoms with van der Waals surface area (Å²) in [4.78, 5) is 34.2. The first-order valence-corrected chi connectivity index (χ1v) is 8.79. The molecule has 0 saturated carbocycles. The summed E-state index contributed by atoms with van der Waals surface area (Å²) in [5, 5.41) is 18.2. The number of ether oxygens (including phenoxy) is 1. The van der Waals surface area contributed by atoms with E-state index in [1.807, 2.05) is 19.1 Å². The largest absolute Gasteiger partial charge is 0.423 e. The van der Waals surface area contributed by atoms with Crippen molar-refractivity contribution in [2.75, 3.05) is 0 Å². The van der Waals surface area contributed by atoms with Gasteiger partial charge in [-0.2, -0.15) is 10.2 Å². The minimum atomic E-state index is -0.599. The van der Waals surface area contributed by atoms with Crippen LogP contribution in [0.15, 0.2) is 66.0 Å². The zero-order chi connectivity index (χ0) is 21.5. The van der Waals surface area contributed by atoms with Gasteiger partial charge in [0.25, 0.3) is 5.91 Å². The highest BCUT2D eigenvalue weighted by molar-refractivity contribution is 5.92. The lowest BCUT2D eigenvalue weighted by Gasteiger charge is -2.07. The monoisotopic (exact) mass is 407 g/mol. The van der Waals surface area contributed by atoms with Crippen LogP contribution in [0, 0.1) is 17.0 Å². The molecule has 1 aromatic heterocycles. The minimum absolute atomic E-state index is 0.205. The summed E-state index contributed by atoms with van der Waals surface area (Å²) in [6.07, 6.45) is 3.59. The third-order valence-corrected chi connectivity index (χ3v) is 3.97. The lowest BCUT2D eigenvalue weighted by molar-refractivity contribution is -0.385. The van der Waals surface area contributed by atoms with Crippen LogP contribution in [0.4, 0.5) is 5.69 Å². The van der Waals surface area contributed by atoms with Gasteiger partial charge in [0.15, 0.2) is 0 Å². The molecule has 0 aliphatic heterocycles. The molecule has 3 aromatic rings. The zero-order valence-corrected chi connectivity index (χ0v) is 15.9. The van der Waals surface area contributed by atoms with E-state index in [0.717, 1.165) is 22.6 Å². The highest BCUT2D eigenvalue weighted by Crippen LogP contribution is 2.16. The van der Waals surface area contributed by atoms with E-state index in [2.05, 4.69) is 15.6 Å². The van der Waals surface area contributed by atoms with Crippen LogP contribution < -0.4 is 10.2 Å². The van der Waals surface area contributed by atoms with Crippen molar-refractivity contribution >= 4 is 23.8 Å². The zero-order valence-electron chi connectivity index (χ0n) is 15.9. The van der Waals surface area contributed by atoms with Crippen LogP contribution in [0.1, 0.15) is 21.5 Å². The number of hydrogen-bond donors (Lipinski definition) is 1. The molecule has 10 nitrogen and oxygen atoms in total. The van der Waals surface area contributed by atoms with Crippen molar-refractivity contribution in [2.45, 2.75) is 13.5 Å². The van der Waals surface area contributed by atoms with Gasteiger partial charge in [-0.25, -0.2) is 10.2 Å². The third kappa shape index (κ3) is 5.35. The molecule has 152 valence electrons. The Kier molecular flexibility index (Phi) is 6.28. The van der Waals surface area contributed by atoms with E-state index in [0.29, 0.717) is 16.9 Å². The van der Waals surface area contributed by atoms with Crippen molar-refractivity contribution in [3.05, 3.63) is 87.7 Å². The van der Waals surface area contributed by atoms with Gasteiger partial charge in [-0.05, 0) is 36.2 Å². The summed E-state index contributed by atoms with van der Waals surface area (Å²) in [6.45, 7) is 1.60. The maximum atomic E-state index is 12.3. The van der Waals surface area contributed by atoms with Crippen LogP contribution in [-0.2, 0) is 11.3 Å². The Morgan fingerprint density at radius 2 is 2.07 bits per heavy atom. The smallest absolute Gasteiger partial charge is 0.343 e. The Hall–Kier alpha value is -4.34. The summed E-state index contributed by atoms with van der Waals surface area (Å²) in [5.41, 5.74) is 3.98. The normalized spacial score (nSPS) is 10.7. The highest BCUT2D eigenvalue weighted by Gasteiger charge is 2.12. The van der Waals surface area contributed by atoms with Crippen LogP contribution in [0.5, 0.6) is 5.75 Å². The molecular formula is C20H17N5O5. The van der Waals surface area contributed by atoms with E-state index in [-0.39, 0.29) is 12.2 Å². The summed E-state index contributed by atoms with van der Waals surface area (Å²) in [5.74, 6) is -0.641. The Bertz CT molecular complexity index is 1120. The van der Waals surface area contributed by atoms with Gasteiger partial charge in [0.05, 0.1) is 16.7 Å². The van der Waals surface area contributed by atoms with Crippen molar-refractivity contribution in [1.29, 1.82) is 0 Å². The molecule has 0 unspecified atom stereocenters. The molecule has 0 atom stereocenters. The summed E-state index contributed by atoms with van der Waals surface area (Å²) >= 11 is 0. The Labute approximate surface area is 170 Å². The number of rotatable bonds is 7. The van der Waals surface area contributed by atoms with E-state index < -0.39 is 16.8 Å². The summed E-state index contributed by atoms with van der Waals surface area (Å²) in [6, 6.07) is 13.8. The van der Waals surface area contributed by atoms with Gasteiger partial charge in [0, 0.05) is 0 Å².